The molecule has 2 aromatic carbocycles. The number of nitrogens with two attached hydrogens (primary N) is 1. The van der Waals surface area contributed by atoms with Gasteiger partial charge >= 0.3 is 12.1 Å². The summed E-state index contributed by atoms with van der Waals surface area (Å²) in [6, 6.07) is 17.2. The Balaban J connectivity index is 1.52. The number of rotatable bonds is 11. The number of cyclic esters (lactones) is 1. The van der Waals surface area contributed by atoms with Crippen LogP contribution < -0.4 is 10.5 Å². The lowest BCUT2D eigenvalue weighted by atomic mass is 9.83. The van der Waals surface area contributed by atoms with Gasteiger partial charge in [0.1, 0.15) is 29.3 Å². The van der Waals surface area contributed by atoms with Crippen LogP contribution in [0, 0.1) is 11.8 Å². The van der Waals surface area contributed by atoms with E-state index in [1.807, 2.05) is 54.6 Å². The fourth-order valence-electron chi connectivity index (χ4n) is 5.74. The maximum atomic E-state index is 13.3. The summed E-state index contributed by atoms with van der Waals surface area (Å²) in [5.41, 5.74) is 5.80. The maximum absolute atomic E-state index is 13.3. The maximum Gasteiger partial charge on any atom is 0.405 e. The molecule has 1 saturated carbocycles. The van der Waals surface area contributed by atoms with E-state index in [2.05, 4.69) is 0 Å². The molecule has 8 nitrogen and oxygen atoms in total. The van der Waals surface area contributed by atoms with E-state index in [4.69, 9.17) is 19.9 Å². The monoisotopic (exact) mass is 549 g/mol. The minimum Gasteiger partial charge on any atom is -0.511 e. The molecule has 8 heteroatoms. The van der Waals surface area contributed by atoms with Gasteiger partial charge in [-0.3, -0.25) is 4.79 Å². The zero-order chi connectivity index (χ0) is 28.7. The largest absolute Gasteiger partial charge is 0.511 e. The molecular formula is C32H39NO7. The summed E-state index contributed by atoms with van der Waals surface area (Å²) in [7, 11) is 0. The fourth-order valence-corrected chi connectivity index (χ4v) is 5.74. The van der Waals surface area contributed by atoms with E-state index in [1.165, 1.54) is 6.42 Å². The molecule has 4 rings (SSSR count). The van der Waals surface area contributed by atoms with E-state index in [9.17, 15) is 19.5 Å². The van der Waals surface area contributed by atoms with Gasteiger partial charge in [0.2, 0.25) is 5.78 Å². The quantitative estimate of drug-likeness (QED) is 0.153. The van der Waals surface area contributed by atoms with Crippen molar-refractivity contribution in [2.24, 2.45) is 17.6 Å². The summed E-state index contributed by atoms with van der Waals surface area (Å²) in [5, 5.41) is 11.4. The van der Waals surface area contributed by atoms with Crippen molar-refractivity contribution in [3.05, 3.63) is 77.1 Å². The van der Waals surface area contributed by atoms with Crippen LogP contribution in [-0.2, 0) is 32.1 Å². The molecular weight excluding hydrogens is 510 g/mol. The number of esters is 1. The van der Waals surface area contributed by atoms with Crippen molar-refractivity contribution >= 4 is 17.8 Å². The number of ether oxygens (including phenoxy) is 3. The van der Waals surface area contributed by atoms with Gasteiger partial charge in [-0.05, 0) is 62.3 Å². The van der Waals surface area contributed by atoms with Gasteiger partial charge in [0, 0.05) is 5.92 Å². The Labute approximate surface area is 235 Å². The molecule has 1 heterocycles. The molecule has 0 bridgehead atoms. The van der Waals surface area contributed by atoms with Crippen LogP contribution >= 0.6 is 0 Å². The average molecular weight is 550 g/mol. The zero-order valence-corrected chi connectivity index (χ0v) is 23.3. The number of hydrogen-bond acceptors (Lipinski definition) is 7. The first-order chi connectivity index (χ1) is 19.1. The van der Waals surface area contributed by atoms with Gasteiger partial charge in [-0.2, -0.15) is 0 Å². The standard InChI is InChI=1S/C32H39NO7/c1-32(2,40-31(33)37)19-24(17-22-13-15-25(16-14-22)38-20-23-11-7-4-8-12-23)28(34)27-29(35)26(39-30(27)36)18-21-9-5-3-6-10-21/h4,7-8,11-16,21,24,26,34H,3,5-6,9-10,17-20H2,1-2H3,(H2,33,37). The third-order valence-corrected chi connectivity index (χ3v) is 7.68. The Morgan fingerprint density at radius 2 is 1.70 bits per heavy atom. The molecule has 40 heavy (non-hydrogen) atoms. The molecule has 2 fully saturated rings. The highest BCUT2D eigenvalue weighted by Gasteiger charge is 2.44. The average Bonchev–Trinajstić information content (AvgIpc) is 3.19. The van der Waals surface area contributed by atoms with E-state index in [-0.39, 0.29) is 24.2 Å². The molecule has 2 aromatic rings. The van der Waals surface area contributed by atoms with Crippen LogP contribution in [0.15, 0.2) is 65.9 Å². The van der Waals surface area contributed by atoms with Crippen LogP contribution in [0.2, 0.25) is 0 Å². The fraction of sp³-hybridized carbons (Fsp3) is 0.469. The number of aliphatic hydroxyl groups is 1. The second-order valence-corrected chi connectivity index (χ2v) is 11.5. The second kappa shape index (κ2) is 13.0. The van der Waals surface area contributed by atoms with Gasteiger partial charge < -0.3 is 25.1 Å². The Hall–Kier alpha value is -3.81. The molecule has 0 spiro atoms. The summed E-state index contributed by atoms with van der Waals surface area (Å²) in [6.07, 6.45) is 4.51. The number of allylic oxidation sites excluding steroid dienone is 1. The Kier molecular flexibility index (Phi) is 9.50. The van der Waals surface area contributed by atoms with Gasteiger partial charge in [-0.1, -0.05) is 74.6 Å². The van der Waals surface area contributed by atoms with E-state index in [0.717, 1.165) is 36.8 Å². The van der Waals surface area contributed by atoms with Crippen LogP contribution in [0.5, 0.6) is 5.75 Å². The minimum absolute atomic E-state index is 0.130. The Morgan fingerprint density at radius 1 is 1.02 bits per heavy atom. The Bertz CT molecular complexity index is 1210. The minimum atomic E-state index is -1.06. The molecule has 1 amide bonds. The predicted molar refractivity (Wildman–Crippen MR) is 150 cm³/mol. The first-order valence-corrected chi connectivity index (χ1v) is 14.0. The number of amides is 1. The van der Waals surface area contributed by atoms with Crippen LogP contribution in [0.25, 0.3) is 0 Å². The lowest BCUT2D eigenvalue weighted by Gasteiger charge is -2.29. The van der Waals surface area contributed by atoms with Gasteiger partial charge in [0.15, 0.2) is 6.10 Å². The van der Waals surface area contributed by atoms with Crippen LogP contribution in [-0.4, -0.2) is 34.7 Å². The van der Waals surface area contributed by atoms with E-state index in [0.29, 0.717) is 24.7 Å². The predicted octanol–water partition coefficient (Wildman–Crippen LogP) is 5.97. The van der Waals surface area contributed by atoms with Gasteiger partial charge in [0.25, 0.3) is 0 Å². The van der Waals surface area contributed by atoms with Crippen molar-refractivity contribution < 1.29 is 33.7 Å². The summed E-state index contributed by atoms with van der Waals surface area (Å²) >= 11 is 0. The van der Waals surface area contributed by atoms with Gasteiger partial charge in [-0.15, -0.1) is 0 Å². The first kappa shape index (κ1) is 29.2. The summed E-state index contributed by atoms with van der Waals surface area (Å²) in [5.74, 6) is -1.30. The van der Waals surface area contributed by atoms with Crippen molar-refractivity contribution in [2.45, 2.75) is 83.5 Å². The van der Waals surface area contributed by atoms with Crippen molar-refractivity contribution in [2.75, 3.05) is 0 Å². The second-order valence-electron chi connectivity index (χ2n) is 11.5. The zero-order valence-electron chi connectivity index (χ0n) is 23.3. The molecule has 0 aromatic heterocycles. The number of Topliss-reactive ketones (excluding diaryl/α,β-unsaturated/α-hetero) is 1. The number of hydrogen-bond donors (Lipinski definition) is 2. The van der Waals surface area contributed by atoms with Gasteiger partial charge in [0.05, 0.1) is 0 Å². The van der Waals surface area contributed by atoms with E-state index >= 15 is 0 Å². The smallest absolute Gasteiger partial charge is 0.405 e. The molecule has 2 atom stereocenters. The van der Waals surface area contributed by atoms with E-state index in [1.54, 1.807) is 13.8 Å². The lowest BCUT2D eigenvalue weighted by molar-refractivity contribution is -0.141. The first-order valence-electron chi connectivity index (χ1n) is 14.0. The number of ketones is 1. The van der Waals surface area contributed by atoms with Crippen molar-refractivity contribution in [1.29, 1.82) is 0 Å². The highest BCUT2D eigenvalue weighted by molar-refractivity contribution is 6.23. The molecule has 0 radical (unpaired) electrons. The lowest BCUT2D eigenvalue weighted by Crippen LogP contribution is -2.34. The molecule has 2 aliphatic rings. The van der Waals surface area contributed by atoms with Crippen molar-refractivity contribution in [3.63, 3.8) is 0 Å². The molecule has 214 valence electrons. The number of carbonyl (C=O) groups is 3. The third-order valence-electron chi connectivity index (χ3n) is 7.68. The Morgan fingerprint density at radius 3 is 2.35 bits per heavy atom. The third kappa shape index (κ3) is 7.87. The summed E-state index contributed by atoms with van der Waals surface area (Å²) in [6.45, 7) is 3.77. The SMILES string of the molecule is CC(C)(CC(Cc1ccc(OCc2ccccc2)cc1)C(O)=C1C(=O)OC(CC2CCCCC2)C1=O)OC(N)=O. The molecule has 3 N–H and O–H groups in total. The number of carbonyl (C=O) groups excluding carboxylic acids is 3. The normalized spacial score (nSPS) is 20.1. The van der Waals surface area contributed by atoms with Crippen molar-refractivity contribution in [3.8, 4) is 5.75 Å². The van der Waals surface area contributed by atoms with E-state index < -0.39 is 35.5 Å². The van der Waals surface area contributed by atoms with Crippen LogP contribution in [0.1, 0.15) is 69.9 Å². The topological polar surface area (TPSA) is 125 Å². The van der Waals surface area contributed by atoms with Crippen LogP contribution in [0.4, 0.5) is 4.79 Å². The van der Waals surface area contributed by atoms with Crippen LogP contribution in [0.3, 0.4) is 0 Å². The molecule has 2 unspecified atom stereocenters. The number of benzene rings is 2. The highest BCUT2D eigenvalue weighted by Crippen LogP contribution is 2.35. The highest BCUT2D eigenvalue weighted by atomic mass is 16.6. The van der Waals surface area contributed by atoms with Crippen molar-refractivity contribution in [1.82, 2.24) is 0 Å². The number of primary amides is 1. The summed E-state index contributed by atoms with van der Waals surface area (Å²) < 4.78 is 16.6. The number of aliphatic hydroxyl groups excluding tert-OH is 1. The molecule has 1 aliphatic carbocycles. The molecule has 1 aliphatic heterocycles. The van der Waals surface area contributed by atoms with Gasteiger partial charge in [-0.25, -0.2) is 9.59 Å². The molecule has 1 saturated heterocycles. The summed E-state index contributed by atoms with van der Waals surface area (Å²) in [4.78, 5) is 37.6.